The predicted molar refractivity (Wildman–Crippen MR) is 139 cm³/mol. The summed E-state index contributed by atoms with van der Waals surface area (Å²) in [4.78, 5) is 22.6. The predicted octanol–water partition coefficient (Wildman–Crippen LogP) is 6.77. The van der Waals surface area contributed by atoms with Gasteiger partial charge in [-0.3, -0.25) is 0 Å². The number of carbonyl (C=O) groups is 2. The van der Waals surface area contributed by atoms with Gasteiger partial charge in [0.25, 0.3) is 0 Å². The molecular weight excluding hydrogens is 554 g/mol. The van der Waals surface area contributed by atoms with Crippen LogP contribution in [0.1, 0.15) is 47.1 Å². The first-order valence-electron chi connectivity index (χ1n) is 11.0. The molecule has 1 amide bonds. The van der Waals surface area contributed by atoms with E-state index in [9.17, 15) is 9.59 Å². The summed E-state index contributed by atoms with van der Waals surface area (Å²) in [6.45, 7) is 17.1. The maximum absolute atomic E-state index is 11.7. The standard InChI is InChI=1S/C25H35Br2NO5/c1-8-21(29)31-10-9-28-25(30)33-12-11-32-24-19(26)13-18(14-20(24)27)23(17(6)7)22(15(2)3)16(4)5/h8,13-17H,1,9-12H2,2-7H3,(H,28,30). The summed E-state index contributed by atoms with van der Waals surface area (Å²) in [6, 6.07) is 4.16. The number of rotatable bonds is 12. The van der Waals surface area contributed by atoms with E-state index in [1.807, 2.05) is 0 Å². The molecule has 0 saturated heterocycles. The van der Waals surface area contributed by atoms with E-state index in [-0.39, 0.29) is 26.4 Å². The highest BCUT2D eigenvalue weighted by molar-refractivity contribution is 9.11. The van der Waals surface area contributed by atoms with Crippen LogP contribution in [-0.4, -0.2) is 38.4 Å². The monoisotopic (exact) mass is 587 g/mol. The van der Waals surface area contributed by atoms with E-state index in [0.717, 1.165) is 20.6 Å². The number of esters is 1. The van der Waals surface area contributed by atoms with E-state index in [0.29, 0.717) is 23.5 Å². The number of carbonyl (C=O) groups excluding carboxylic acids is 2. The van der Waals surface area contributed by atoms with E-state index in [4.69, 9.17) is 14.2 Å². The van der Waals surface area contributed by atoms with Crippen molar-refractivity contribution in [2.75, 3.05) is 26.4 Å². The lowest BCUT2D eigenvalue weighted by Crippen LogP contribution is -2.29. The van der Waals surface area contributed by atoms with Crippen LogP contribution < -0.4 is 10.1 Å². The van der Waals surface area contributed by atoms with Gasteiger partial charge in [-0.25, -0.2) is 9.59 Å². The number of halogens is 2. The molecule has 0 fully saturated rings. The van der Waals surface area contributed by atoms with Crippen LogP contribution in [0.2, 0.25) is 0 Å². The largest absolute Gasteiger partial charge is 0.488 e. The molecule has 0 bridgehead atoms. The van der Waals surface area contributed by atoms with E-state index < -0.39 is 12.1 Å². The van der Waals surface area contributed by atoms with Crippen LogP contribution in [0.4, 0.5) is 4.79 Å². The van der Waals surface area contributed by atoms with Crippen molar-refractivity contribution in [3.05, 3.63) is 44.9 Å². The second kappa shape index (κ2) is 14.5. The lowest BCUT2D eigenvalue weighted by atomic mass is 9.81. The Morgan fingerprint density at radius 3 is 2.00 bits per heavy atom. The van der Waals surface area contributed by atoms with Crippen molar-refractivity contribution in [1.29, 1.82) is 0 Å². The summed E-state index contributed by atoms with van der Waals surface area (Å²) in [5, 5.41) is 2.49. The summed E-state index contributed by atoms with van der Waals surface area (Å²) < 4.78 is 17.3. The van der Waals surface area contributed by atoms with Crippen molar-refractivity contribution in [3.8, 4) is 5.75 Å². The average molecular weight is 589 g/mol. The Balaban J connectivity index is 2.77. The maximum Gasteiger partial charge on any atom is 0.407 e. The number of allylic oxidation sites excluding steroid dienone is 2. The fourth-order valence-electron chi connectivity index (χ4n) is 3.67. The topological polar surface area (TPSA) is 73.9 Å². The highest BCUT2D eigenvalue weighted by Gasteiger charge is 2.20. The van der Waals surface area contributed by atoms with Crippen molar-refractivity contribution in [2.24, 2.45) is 17.8 Å². The minimum atomic E-state index is -0.608. The van der Waals surface area contributed by atoms with Crippen LogP contribution in [0.25, 0.3) is 5.57 Å². The van der Waals surface area contributed by atoms with Gasteiger partial charge < -0.3 is 19.5 Å². The van der Waals surface area contributed by atoms with E-state index in [1.165, 1.54) is 11.1 Å². The van der Waals surface area contributed by atoms with Crippen molar-refractivity contribution >= 4 is 49.5 Å². The van der Waals surface area contributed by atoms with Gasteiger partial charge in [-0.1, -0.05) is 53.7 Å². The summed E-state index contributed by atoms with van der Waals surface area (Å²) in [6.07, 6.45) is 0.453. The number of hydrogen-bond acceptors (Lipinski definition) is 5. The molecule has 1 rings (SSSR count). The molecule has 0 unspecified atom stereocenters. The van der Waals surface area contributed by atoms with Crippen molar-refractivity contribution in [2.45, 2.75) is 41.5 Å². The van der Waals surface area contributed by atoms with Crippen LogP contribution in [0.15, 0.2) is 39.3 Å². The second-order valence-corrected chi connectivity index (χ2v) is 10.1. The van der Waals surface area contributed by atoms with Gasteiger partial charge >= 0.3 is 12.1 Å². The molecule has 0 saturated carbocycles. The molecule has 0 radical (unpaired) electrons. The highest BCUT2D eigenvalue weighted by atomic mass is 79.9. The van der Waals surface area contributed by atoms with Gasteiger partial charge in [-0.15, -0.1) is 0 Å². The summed E-state index contributed by atoms with van der Waals surface area (Å²) in [5.41, 5.74) is 3.96. The van der Waals surface area contributed by atoms with Gasteiger partial charge in [0.15, 0.2) is 0 Å². The number of amides is 1. The van der Waals surface area contributed by atoms with Crippen LogP contribution in [-0.2, 0) is 14.3 Å². The molecule has 0 aliphatic rings. The fourth-order valence-corrected chi connectivity index (χ4v) is 5.08. The van der Waals surface area contributed by atoms with E-state index in [2.05, 4.69) is 97.4 Å². The van der Waals surface area contributed by atoms with Crippen LogP contribution in [0.5, 0.6) is 5.75 Å². The molecule has 1 N–H and O–H groups in total. The van der Waals surface area contributed by atoms with Crippen LogP contribution in [0, 0.1) is 17.8 Å². The number of ether oxygens (including phenoxy) is 3. The molecule has 0 aliphatic carbocycles. The molecule has 6 nitrogen and oxygen atoms in total. The number of benzene rings is 1. The number of nitrogens with one attached hydrogen (secondary N) is 1. The third-order valence-electron chi connectivity index (χ3n) is 4.79. The van der Waals surface area contributed by atoms with Crippen molar-refractivity contribution < 1.29 is 23.8 Å². The fraction of sp³-hybridized carbons (Fsp3) is 0.520. The Kier molecular flexibility index (Phi) is 12.8. The summed E-state index contributed by atoms with van der Waals surface area (Å²) >= 11 is 7.27. The lowest BCUT2D eigenvalue weighted by molar-refractivity contribution is -0.137. The molecule has 8 heteroatoms. The quantitative estimate of drug-likeness (QED) is 0.166. The first-order valence-corrected chi connectivity index (χ1v) is 12.6. The summed E-state index contributed by atoms with van der Waals surface area (Å²) in [5.74, 6) is 1.39. The van der Waals surface area contributed by atoms with Gasteiger partial charge in [0.1, 0.15) is 25.6 Å². The molecule has 0 spiro atoms. The van der Waals surface area contributed by atoms with E-state index >= 15 is 0 Å². The third-order valence-corrected chi connectivity index (χ3v) is 5.97. The number of alkyl carbamates (subject to hydrolysis) is 1. The SMILES string of the molecule is C=CC(=O)OCCNC(=O)OCCOc1c(Br)cc(C(=C(C(C)C)C(C)C)C(C)C)cc1Br. The van der Waals surface area contributed by atoms with Crippen LogP contribution in [0.3, 0.4) is 0 Å². The zero-order chi connectivity index (χ0) is 25.1. The van der Waals surface area contributed by atoms with Gasteiger partial charge in [0.2, 0.25) is 0 Å². The van der Waals surface area contributed by atoms with Gasteiger partial charge in [-0.05, 0) is 72.9 Å². The van der Waals surface area contributed by atoms with Crippen molar-refractivity contribution in [1.82, 2.24) is 5.32 Å². The molecule has 33 heavy (non-hydrogen) atoms. The Morgan fingerprint density at radius 2 is 1.52 bits per heavy atom. The highest BCUT2D eigenvalue weighted by Crippen LogP contribution is 2.41. The number of hydrogen-bond donors (Lipinski definition) is 1. The molecule has 0 atom stereocenters. The molecule has 0 aromatic heterocycles. The molecule has 1 aromatic rings. The Morgan fingerprint density at radius 1 is 0.939 bits per heavy atom. The normalized spacial score (nSPS) is 10.9. The molecule has 0 heterocycles. The smallest absolute Gasteiger partial charge is 0.407 e. The summed E-state index contributed by atoms with van der Waals surface area (Å²) in [7, 11) is 0. The van der Waals surface area contributed by atoms with Gasteiger partial charge in [0.05, 0.1) is 15.5 Å². The molecule has 0 aliphatic heterocycles. The molecule has 1 aromatic carbocycles. The van der Waals surface area contributed by atoms with E-state index in [1.54, 1.807) is 0 Å². The maximum atomic E-state index is 11.7. The van der Waals surface area contributed by atoms with Crippen molar-refractivity contribution in [3.63, 3.8) is 0 Å². The Bertz CT molecular complexity index is 829. The molecular formula is C25H35Br2NO5. The first-order chi connectivity index (χ1) is 15.5. The Labute approximate surface area is 214 Å². The van der Waals surface area contributed by atoms with Gasteiger partial charge in [-0.2, -0.15) is 0 Å². The third kappa shape index (κ3) is 9.53. The van der Waals surface area contributed by atoms with Crippen LogP contribution >= 0.6 is 31.9 Å². The first kappa shape index (κ1) is 29.2. The minimum Gasteiger partial charge on any atom is -0.488 e. The zero-order valence-electron chi connectivity index (χ0n) is 20.3. The Hall–Kier alpha value is -1.80. The second-order valence-electron chi connectivity index (χ2n) is 8.38. The average Bonchev–Trinajstić information content (AvgIpc) is 2.72. The molecule has 184 valence electrons. The lowest BCUT2D eigenvalue weighted by Gasteiger charge is -2.25. The minimum absolute atomic E-state index is 0.0465. The zero-order valence-corrected chi connectivity index (χ0v) is 23.5. The van der Waals surface area contributed by atoms with Gasteiger partial charge in [0, 0.05) is 6.08 Å².